The number of carbonyl (C=O) groups is 3. The number of carbonyl (C=O) groups excluding carboxylic acids is 3. The number of rotatable bonds is 5. The normalized spacial score (nSPS) is 14.3. The molecule has 1 saturated heterocycles. The van der Waals surface area contributed by atoms with E-state index in [1.54, 1.807) is 29.2 Å². The zero-order chi connectivity index (χ0) is 21.7. The highest BCUT2D eigenvalue weighted by Crippen LogP contribution is 2.19. The van der Waals surface area contributed by atoms with Crippen LogP contribution in [0.3, 0.4) is 0 Å². The van der Waals surface area contributed by atoms with Gasteiger partial charge in [-0.3, -0.25) is 9.59 Å². The maximum Gasteiger partial charge on any atom is 0.337 e. The number of para-hydroxylation sites is 1. The topological polar surface area (TPSA) is 80.2 Å². The Bertz CT molecular complexity index is 912. The average Bonchev–Trinajstić information content (AvgIpc) is 2.76. The summed E-state index contributed by atoms with van der Waals surface area (Å²) in [5, 5.41) is 3.03. The molecule has 0 radical (unpaired) electrons. The SMILES string of the molecule is COC(=O)c1ccc(C(=O)N2CC[NH+](CC(=O)Nc3c(C)cccc3C)CC2)cc1. The van der Waals surface area contributed by atoms with Gasteiger partial charge in [-0.05, 0) is 49.2 Å². The van der Waals surface area contributed by atoms with Crippen molar-refractivity contribution in [2.75, 3.05) is 45.2 Å². The average molecular weight is 410 g/mol. The molecule has 0 aromatic heterocycles. The maximum atomic E-state index is 12.7. The van der Waals surface area contributed by atoms with Gasteiger partial charge in [0.1, 0.15) is 0 Å². The predicted molar refractivity (Wildman–Crippen MR) is 114 cm³/mol. The van der Waals surface area contributed by atoms with Crippen LogP contribution in [0.1, 0.15) is 31.8 Å². The standard InChI is InChI=1S/C23H27N3O4/c1-16-5-4-6-17(2)21(16)24-20(27)15-25-11-13-26(14-12-25)22(28)18-7-9-19(10-8-18)23(29)30-3/h4-10H,11-15H2,1-3H3,(H,24,27)/p+1. The van der Waals surface area contributed by atoms with Crippen LogP contribution < -0.4 is 10.2 Å². The van der Waals surface area contributed by atoms with E-state index in [1.807, 2.05) is 32.0 Å². The first-order valence-corrected chi connectivity index (χ1v) is 10.1. The van der Waals surface area contributed by atoms with Crippen molar-refractivity contribution in [1.29, 1.82) is 0 Å². The number of ether oxygens (including phenoxy) is 1. The van der Waals surface area contributed by atoms with E-state index >= 15 is 0 Å². The van der Waals surface area contributed by atoms with Crippen LogP contribution in [0.2, 0.25) is 0 Å². The van der Waals surface area contributed by atoms with Crippen LogP contribution in [0.15, 0.2) is 42.5 Å². The third-order valence-corrected chi connectivity index (χ3v) is 5.47. The zero-order valence-corrected chi connectivity index (χ0v) is 17.7. The Balaban J connectivity index is 1.51. The number of hydrogen-bond acceptors (Lipinski definition) is 4. The fourth-order valence-electron chi connectivity index (χ4n) is 3.67. The fraction of sp³-hybridized carbons (Fsp3) is 0.348. The number of benzene rings is 2. The highest BCUT2D eigenvalue weighted by atomic mass is 16.5. The first-order valence-electron chi connectivity index (χ1n) is 10.1. The Kier molecular flexibility index (Phi) is 6.84. The van der Waals surface area contributed by atoms with Crippen LogP contribution >= 0.6 is 0 Å². The molecular weight excluding hydrogens is 382 g/mol. The van der Waals surface area contributed by atoms with Crippen LogP contribution in [0.5, 0.6) is 0 Å². The number of amides is 2. The second-order valence-corrected chi connectivity index (χ2v) is 7.60. The number of quaternary nitrogens is 1. The first-order chi connectivity index (χ1) is 14.4. The highest BCUT2D eigenvalue weighted by Gasteiger charge is 2.26. The lowest BCUT2D eigenvalue weighted by atomic mass is 10.1. The molecule has 7 heteroatoms. The molecule has 0 atom stereocenters. The number of nitrogens with zero attached hydrogens (tertiary/aromatic N) is 1. The van der Waals surface area contributed by atoms with E-state index in [1.165, 1.54) is 7.11 Å². The Morgan fingerprint density at radius 1 is 0.967 bits per heavy atom. The molecule has 1 heterocycles. The molecule has 1 aliphatic heterocycles. The molecule has 2 amide bonds. The summed E-state index contributed by atoms with van der Waals surface area (Å²) in [5.74, 6) is -0.503. The largest absolute Gasteiger partial charge is 0.465 e. The number of esters is 1. The summed E-state index contributed by atoms with van der Waals surface area (Å²) >= 11 is 0. The van der Waals surface area contributed by atoms with E-state index in [2.05, 4.69) is 10.1 Å². The van der Waals surface area contributed by atoms with Crippen molar-refractivity contribution in [2.45, 2.75) is 13.8 Å². The molecule has 2 aromatic carbocycles. The third kappa shape index (κ3) is 5.04. The lowest BCUT2D eigenvalue weighted by Crippen LogP contribution is -3.15. The van der Waals surface area contributed by atoms with Crippen molar-refractivity contribution in [3.05, 3.63) is 64.7 Å². The van der Waals surface area contributed by atoms with E-state index in [0.717, 1.165) is 21.7 Å². The van der Waals surface area contributed by atoms with Crippen molar-refractivity contribution < 1.29 is 24.0 Å². The molecule has 30 heavy (non-hydrogen) atoms. The second kappa shape index (κ2) is 9.54. The number of piperazine rings is 1. The van der Waals surface area contributed by atoms with E-state index in [-0.39, 0.29) is 11.8 Å². The Morgan fingerprint density at radius 3 is 2.10 bits per heavy atom. The molecule has 158 valence electrons. The summed E-state index contributed by atoms with van der Waals surface area (Å²) in [5.41, 5.74) is 3.93. The van der Waals surface area contributed by atoms with Crippen LogP contribution in [0.25, 0.3) is 0 Å². The summed E-state index contributed by atoms with van der Waals surface area (Å²) in [6.45, 7) is 6.95. The smallest absolute Gasteiger partial charge is 0.337 e. The molecule has 0 spiro atoms. The van der Waals surface area contributed by atoms with Gasteiger partial charge in [-0.1, -0.05) is 18.2 Å². The van der Waals surface area contributed by atoms with Gasteiger partial charge in [-0.25, -0.2) is 4.79 Å². The van der Waals surface area contributed by atoms with Crippen LogP contribution in [-0.2, 0) is 9.53 Å². The molecule has 0 unspecified atom stereocenters. The predicted octanol–water partition coefficient (Wildman–Crippen LogP) is 1.07. The number of aryl methyl sites for hydroxylation is 2. The van der Waals surface area contributed by atoms with Gasteiger partial charge in [0.05, 0.1) is 38.9 Å². The Hall–Kier alpha value is -3.19. The number of methoxy groups -OCH3 is 1. The molecule has 7 nitrogen and oxygen atoms in total. The van der Waals surface area contributed by atoms with Gasteiger partial charge in [0.15, 0.2) is 6.54 Å². The summed E-state index contributed by atoms with van der Waals surface area (Å²) in [6.07, 6.45) is 0. The number of nitrogens with one attached hydrogen (secondary N) is 2. The number of hydrogen-bond donors (Lipinski definition) is 2. The molecule has 0 bridgehead atoms. The summed E-state index contributed by atoms with van der Waals surface area (Å²) < 4.78 is 4.68. The lowest BCUT2D eigenvalue weighted by molar-refractivity contribution is -0.895. The van der Waals surface area contributed by atoms with E-state index in [4.69, 9.17) is 0 Å². The van der Waals surface area contributed by atoms with Gasteiger partial charge >= 0.3 is 5.97 Å². The van der Waals surface area contributed by atoms with Crippen molar-refractivity contribution in [3.63, 3.8) is 0 Å². The fourth-order valence-corrected chi connectivity index (χ4v) is 3.67. The van der Waals surface area contributed by atoms with E-state index < -0.39 is 5.97 Å². The van der Waals surface area contributed by atoms with Gasteiger partial charge in [-0.15, -0.1) is 0 Å². The van der Waals surface area contributed by atoms with Crippen molar-refractivity contribution in [1.82, 2.24) is 4.90 Å². The van der Waals surface area contributed by atoms with Crippen LogP contribution in [-0.4, -0.2) is 62.5 Å². The minimum Gasteiger partial charge on any atom is -0.465 e. The van der Waals surface area contributed by atoms with Gasteiger partial charge in [0.2, 0.25) is 0 Å². The first kappa shape index (κ1) is 21.5. The number of anilines is 1. The Labute approximate surface area is 176 Å². The monoisotopic (exact) mass is 410 g/mol. The Morgan fingerprint density at radius 2 is 1.53 bits per heavy atom. The van der Waals surface area contributed by atoms with Crippen molar-refractivity contribution in [3.8, 4) is 0 Å². The molecule has 3 rings (SSSR count). The van der Waals surface area contributed by atoms with Crippen LogP contribution in [0.4, 0.5) is 5.69 Å². The molecule has 2 aromatic rings. The molecule has 0 saturated carbocycles. The quantitative estimate of drug-likeness (QED) is 0.723. The van der Waals surface area contributed by atoms with Crippen LogP contribution in [0, 0.1) is 13.8 Å². The lowest BCUT2D eigenvalue weighted by Gasteiger charge is -2.32. The van der Waals surface area contributed by atoms with E-state index in [9.17, 15) is 14.4 Å². The summed E-state index contributed by atoms with van der Waals surface area (Å²) in [4.78, 5) is 39.7. The maximum absolute atomic E-state index is 12.7. The minimum absolute atomic E-state index is 0.0134. The van der Waals surface area contributed by atoms with Gasteiger partial charge in [0.25, 0.3) is 11.8 Å². The summed E-state index contributed by atoms with van der Waals surface area (Å²) in [7, 11) is 1.33. The van der Waals surface area contributed by atoms with E-state index in [0.29, 0.717) is 43.9 Å². The molecule has 1 aliphatic rings. The molecule has 1 fully saturated rings. The second-order valence-electron chi connectivity index (χ2n) is 7.60. The van der Waals surface area contributed by atoms with Gasteiger partial charge in [-0.2, -0.15) is 0 Å². The molecule has 0 aliphatic carbocycles. The molecule has 2 N–H and O–H groups in total. The minimum atomic E-state index is -0.426. The highest BCUT2D eigenvalue weighted by molar-refractivity contribution is 5.96. The third-order valence-electron chi connectivity index (χ3n) is 5.47. The van der Waals surface area contributed by atoms with Crippen molar-refractivity contribution >= 4 is 23.5 Å². The van der Waals surface area contributed by atoms with Gasteiger partial charge < -0.3 is 19.9 Å². The van der Waals surface area contributed by atoms with Gasteiger partial charge in [0, 0.05) is 11.3 Å². The zero-order valence-electron chi connectivity index (χ0n) is 17.7. The molecular formula is C23H28N3O4+. The van der Waals surface area contributed by atoms with Crippen molar-refractivity contribution in [2.24, 2.45) is 0 Å². The summed E-state index contributed by atoms with van der Waals surface area (Å²) in [6, 6.07) is 12.4.